The zero-order valence-electron chi connectivity index (χ0n) is 29.7. The van der Waals surface area contributed by atoms with Crippen LogP contribution in [0.4, 0.5) is 26.3 Å². The van der Waals surface area contributed by atoms with Crippen LogP contribution in [0.3, 0.4) is 0 Å². The molecular formula is C42H21F6N9. The van der Waals surface area contributed by atoms with Crippen molar-refractivity contribution in [3.8, 4) is 85.8 Å². The van der Waals surface area contributed by atoms with Crippen molar-refractivity contribution in [1.29, 1.82) is 15.8 Å². The molecule has 0 spiro atoms. The predicted octanol–water partition coefficient (Wildman–Crippen LogP) is 9.43. The molecule has 0 fully saturated rings. The van der Waals surface area contributed by atoms with E-state index in [0.29, 0.717) is 50.5 Å². The van der Waals surface area contributed by atoms with Gasteiger partial charge in [-0.1, -0.05) is 0 Å². The average Bonchev–Trinajstić information content (AvgIpc) is 3.20. The molecule has 3 aromatic heterocycles. The zero-order chi connectivity index (χ0) is 40.7. The van der Waals surface area contributed by atoms with Crippen LogP contribution in [0, 0.1) is 89.7 Å². The highest BCUT2D eigenvalue weighted by atomic mass is 19.2. The highest BCUT2D eigenvalue weighted by Crippen LogP contribution is 2.43. The van der Waals surface area contributed by atoms with Gasteiger partial charge in [0.1, 0.15) is 52.3 Å². The van der Waals surface area contributed by atoms with E-state index in [1.807, 2.05) is 0 Å². The Morgan fingerprint density at radius 1 is 0.368 bits per heavy atom. The standard InChI is InChI=1S/C42H21F6N9/c1-19-37(34-16-52-31(13-55-34)22-4-7-28(43)25(10-49)40(22)46)20(2)39(36-18-54-33(15-57-36)24-6-9-30(45)27(12-51)42(24)48)21(3)38(19)35-17-53-32(14-56-35)23-5-8-29(44)26(11-50)41(23)47/h4-9,13-18H,1-3H3. The molecule has 0 aliphatic rings. The van der Waals surface area contributed by atoms with Crippen molar-refractivity contribution in [3.05, 3.63) is 142 Å². The number of rotatable bonds is 6. The van der Waals surface area contributed by atoms with Gasteiger partial charge in [0.25, 0.3) is 0 Å². The molecule has 3 heterocycles. The quantitative estimate of drug-likeness (QED) is 0.151. The SMILES string of the molecule is Cc1c(-c2cnc(-c3ccc(F)c(C#N)c3F)cn2)c(C)c(-c2cnc(-c3ccc(F)c(C#N)c3F)cn2)c(C)c1-c1cnc(-c2ccc(F)c(C#N)c2F)cn1. The van der Waals surface area contributed by atoms with Crippen LogP contribution in [-0.2, 0) is 0 Å². The van der Waals surface area contributed by atoms with Crippen LogP contribution in [0.5, 0.6) is 0 Å². The molecule has 0 aliphatic carbocycles. The lowest BCUT2D eigenvalue weighted by Gasteiger charge is -2.22. The largest absolute Gasteiger partial charge is 0.252 e. The van der Waals surface area contributed by atoms with Gasteiger partial charge in [0.05, 0.1) is 71.3 Å². The minimum Gasteiger partial charge on any atom is -0.252 e. The van der Waals surface area contributed by atoms with E-state index in [2.05, 4.69) is 29.9 Å². The summed E-state index contributed by atoms with van der Waals surface area (Å²) in [5.74, 6) is -6.35. The summed E-state index contributed by atoms with van der Waals surface area (Å²) in [7, 11) is 0. The molecular weight excluding hydrogens is 745 g/mol. The molecule has 0 radical (unpaired) electrons. The molecule has 7 aromatic rings. The smallest absolute Gasteiger partial charge is 0.153 e. The fraction of sp³-hybridized carbons (Fsp3) is 0.0714. The molecule has 0 unspecified atom stereocenters. The Balaban J connectivity index is 1.40. The van der Waals surface area contributed by atoms with Gasteiger partial charge in [0.15, 0.2) is 17.5 Å². The molecule has 15 heteroatoms. The monoisotopic (exact) mass is 765 g/mol. The topological polar surface area (TPSA) is 149 Å². The Bertz CT molecular complexity index is 2580. The summed E-state index contributed by atoms with van der Waals surface area (Å²) in [4.78, 5) is 26.9. The fourth-order valence-corrected chi connectivity index (χ4v) is 6.72. The van der Waals surface area contributed by atoms with E-state index in [4.69, 9.17) is 0 Å². The van der Waals surface area contributed by atoms with E-state index in [9.17, 15) is 29.0 Å². The number of benzene rings is 4. The number of hydrogen-bond donors (Lipinski definition) is 0. The van der Waals surface area contributed by atoms with Gasteiger partial charge >= 0.3 is 0 Å². The summed E-state index contributed by atoms with van der Waals surface area (Å²) in [5, 5.41) is 27.8. The van der Waals surface area contributed by atoms with Crippen molar-refractivity contribution in [2.45, 2.75) is 20.8 Å². The molecule has 9 nitrogen and oxygen atoms in total. The second-order valence-corrected chi connectivity index (χ2v) is 12.5. The van der Waals surface area contributed by atoms with Crippen LogP contribution in [0.1, 0.15) is 33.4 Å². The van der Waals surface area contributed by atoms with Gasteiger partial charge in [-0.25, -0.2) is 26.3 Å². The first-order chi connectivity index (χ1) is 27.4. The van der Waals surface area contributed by atoms with Crippen molar-refractivity contribution < 1.29 is 26.3 Å². The maximum atomic E-state index is 15.1. The third-order valence-corrected chi connectivity index (χ3v) is 9.41. The van der Waals surface area contributed by atoms with Gasteiger partial charge in [0, 0.05) is 33.4 Å². The van der Waals surface area contributed by atoms with Gasteiger partial charge < -0.3 is 0 Å². The lowest BCUT2D eigenvalue weighted by molar-refractivity contribution is 0.578. The third-order valence-electron chi connectivity index (χ3n) is 9.41. The van der Waals surface area contributed by atoms with E-state index in [-0.39, 0.29) is 33.8 Å². The average molecular weight is 766 g/mol. The molecule has 57 heavy (non-hydrogen) atoms. The maximum absolute atomic E-state index is 15.1. The molecule has 7 rings (SSSR count). The summed E-state index contributed by atoms with van der Waals surface area (Å²) >= 11 is 0. The Morgan fingerprint density at radius 2 is 0.596 bits per heavy atom. The molecule has 0 saturated heterocycles. The maximum Gasteiger partial charge on any atom is 0.153 e. The van der Waals surface area contributed by atoms with E-state index in [1.54, 1.807) is 20.8 Å². The second-order valence-electron chi connectivity index (χ2n) is 12.5. The van der Waals surface area contributed by atoms with Gasteiger partial charge in [-0.2, -0.15) is 15.8 Å². The lowest BCUT2D eigenvalue weighted by atomic mass is 9.84. The Hall–Kier alpha value is -7.83. The normalized spacial score (nSPS) is 10.8. The Kier molecular flexibility index (Phi) is 9.72. The van der Waals surface area contributed by atoms with Crippen LogP contribution in [0.2, 0.25) is 0 Å². The lowest BCUT2D eigenvalue weighted by Crippen LogP contribution is -2.05. The number of nitrogens with zero attached hydrogens (tertiary/aromatic N) is 9. The second kappa shape index (κ2) is 14.8. The number of hydrogen-bond acceptors (Lipinski definition) is 9. The molecule has 0 atom stereocenters. The van der Waals surface area contributed by atoms with Crippen molar-refractivity contribution >= 4 is 0 Å². The third kappa shape index (κ3) is 6.35. The molecule has 0 saturated carbocycles. The summed E-state index contributed by atoms with van der Waals surface area (Å²) in [6.07, 6.45) is 7.94. The van der Waals surface area contributed by atoms with E-state index in [0.717, 1.165) is 36.4 Å². The fourth-order valence-electron chi connectivity index (χ4n) is 6.72. The van der Waals surface area contributed by atoms with Crippen LogP contribution < -0.4 is 0 Å². The predicted molar refractivity (Wildman–Crippen MR) is 194 cm³/mol. The minimum atomic E-state index is -1.09. The highest BCUT2D eigenvalue weighted by Gasteiger charge is 2.25. The Morgan fingerprint density at radius 3 is 0.807 bits per heavy atom. The molecule has 0 amide bonds. The zero-order valence-corrected chi connectivity index (χ0v) is 29.7. The summed E-state index contributed by atoms with van der Waals surface area (Å²) in [5.41, 5.74) is 1.75. The summed E-state index contributed by atoms with van der Waals surface area (Å²) in [6.45, 7) is 5.36. The molecule has 276 valence electrons. The van der Waals surface area contributed by atoms with E-state index < -0.39 is 51.6 Å². The van der Waals surface area contributed by atoms with Crippen molar-refractivity contribution in [2.75, 3.05) is 0 Å². The number of halogens is 6. The molecule has 0 aliphatic heterocycles. The van der Waals surface area contributed by atoms with Crippen molar-refractivity contribution in [2.24, 2.45) is 0 Å². The van der Waals surface area contributed by atoms with Crippen LogP contribution in [-0.4, -0.2) is 29.9 Å². The first-order valence-electron chi connectivity index (χ1n) is 16.7. The van der Waals surface area contributed by atoms with Gasteiger partial charge in [0.2, 0.25) is 0 Å². The minimum absolute atomic E-state index is 0.0266. The molecule has 4 aromatic carbocycles. The summed E-state index contributed by atoms with van der Waals surface area (Å²) < 4.78 is 87.4. The number of nitriles is 3. The van der Waals surface area contributed by atoms with E-state index >= 15 is 13.2 Å². The van der Waals surface area contributed by atoms with Crippen molar-refractivity contribution in [3.63, 3.8) is 0 Å². The van der Waals surface area contributed by atoms with Crippen molar-refractivity contribution in [1.82, 2.24) is 29.9 Å². The van der Waals surface area contributed by atoms with Crippen LogP contribution in [0.15, 0.2) is 73.6 Å². The first-order valence-corrected chi connectivity index (χ1v) is 16.7. The van der Waals surface area contributed by atoms with E-state index in [1.165, 1.54) is 55.4 Å². The first kappa shape index (κ1) is 37.5. The van der Waals surface area contributed by atoms with Crippen LogP contribution >= 0.6 is 0 Å². The Labute approximate surface area is 319 Å². The van der Waals surface area contributed by atoms with Gasteiger partial charge in [-0.3, -0.25) is 29.9 Å². The van der Waals surface area contributed by atoms with Gasteiger partial charge in [-0.05, 0) is 73.9 Å². The highest BCUT2D eigenvalue weighted by molar-refractivity contribution is 5.89. The number of aromatic nitrogens is 6. The molecule has 0 N–H and O–H groups in total. The summed E-state index contributed by atoms with van der Waals surface area (Å²) in [6, 6.07) is 10.8. The molecule has 0 bridgehead atoms. The van der Waals surface area contributed by atoms with Crippen LogP contribution in [0.25, 0.3) is 67.5 Å². The van der Waals surface area contributed by atoms with Gasteiger partial charge in [-0.15, -0.1) is 0 Å².